The number of fused-ring (bicyclic) bond motifs is 3. The number of esters is 1. The molecule has 1 unspecified atom stereocenters. The van der Waals surface area contributed by atoms with Gasteiger partial charge in [-0.1, -0.05) is 104 Å². The van der Waals surface area contributed by atoms with E-state index in [1.54, 1.807) is 7.11 Å². The van der Waals surface area contributed by atoms with E-state index in [9.17, 15) is 9.59 Å². The van der Waals surface area contributed by atoms with Gasteiger partial charge in [-0.2, -0.15) is 0 Å². The molecule has 5 rings (SSSR count). The summed E-state index contributed by atoms with van der Waals surface area (Å²) < 4.78 is 17.1. The molecule has 4 aromatic carbocycles. The summed E-state index contributed by atoms with van der Waals surface area (Å²) in [5, 5.41) is 2.77. The van der Waals surface area contributed by atoms with Gasteiger partial charge in [-0.15, -0.1) is 0 Å². The average molecular weight is 550 g/mol. The van der Waals surface area contributed by atoms with Crippen molar-refractivity contribution in [2.24, 2.45) is 5.92 Å². The predicted octanol–water partition coefficient (Wildman–Crippen LogP) is 7.20. The monoisotopic (exact) mass is 549 g/mol. The second-order valence-corrected chi connectivity index (χ2v) is 10.7. The number of carbonyl (C=O) groups excluding carboxylic acids is 2. The van der Waals surface area contributed by atoms with Crippen LogP contribution >= 0.6 is 0 Å². The summed E-state index contributed by atoms with van der Waals surface area (Å²) >= 11 is 0. The average Bonchev–Trinajstić information content (AvgIpc) is 3.31. The molecule has 0 saturated carbocycles. The quantitative estimate of drug-likeness (QED) is 0.224. The number of nitrogens with one attached hydrogen (secondary N) is 1. The molecule has 1 aliphatic rings. The maximum Gasteiger partial charge on any atom is 0.407 e. The highest BCUT2D eigenvalue weighted by Crippen LogP contribution is 2.44. The molecule has 0 spiro atoms. The van der Waals surface area contributed by atoms with Gasteiger partial charge in [-0.25, -0.2) is 9.59 Å². The van der Waals surface area contributed by atoms with E-state index in [-0.39, 0.29) is 18.4 Å². The van der Waals surface area contributed by atoms with E-state index in [0.29, 0.717) is 5.75 Å². The van der Waals surface area contributed by atoms with Gasteiger partial charge < -0.3 is 19.5 Å². The van der Waals surface area contributed by atoms with Crippen LogP contribution in [0.2, 0.25) is 0 Å². The summed E-state index contributed by atoms with van der Waals surface area (Å²) in [6.45, 7) is 5.90. The summed E-state index contributed by atoms with van der Waals surface area (Å²) in [7, 11) is 1.61. The van der Waals surface area contributed by atoms with Gasteiger partial charge in [0.1, 0.15) is 18.4 Å². The maximum atomic E-state index is 13.5. The van der Waals surface area contributed by atoms with Crippen LogP contribution in [0.15, 0.2) is 97.1 Å². The molecule has 6 heteroatoms. The third-order valence-electron chi connectivity index (χ3n) is 7.57. The van der Waals surface area contributed by atoms with Gasteiger partial charge in [-0.05, 0) is 58.4 Å². The van der Waals surface area contributed by atoms with E-state index in [1.807, 2.05) is 93.6 Å². The van der Waals surface area contributed by atoms with E-state index in [0.717, 1.165) is 38.9 Å². The molecule has 0 saturated heterocycles. The molecule has 6 nitrogen and oxygen atoms in total. The zero-order chi connectivity index (χ0) is 28.9. The van der Waals surface area contributed by atoms with Crippen molar-refractivity contribution in [1.82, 2.24) is 5.32 Å². The molecule has 1 N–H and O–H groups in total. The van der Waals surface area contributed by atoms with Crippen LogP contribution in [0.1, 0.15) is 53.7 Å². The number of aryl methyl sites for hydroxylation is 1. The molecule has 0 aliphatic heterocycles. The zero-order valence-electron chi connectivity index (χ0n) is 23.8. The number of alkyl carbamates (subject to hydrolysis) is 1. The van der Waals surface area contributed by atoms with Crippen molar-refractivity contribution >= 4 is 12.1 Å². The van der Waals surface area contributed by atoms with Crippen LogP contribution in [0.3, 0.4) is 0 Å². The number of rotatable bonds is 9. The summed E-state index contributed by atoms with van der Waals surface area (Å²) in [5.41, 5.74) is 7.29. The smallest absolute Gasteiger partial charge is 0.407 e. The van der Waals surface area contributed by atoms with Crippen LogP contribution in [0.4, 0.5) is 4.79 Å². The molecular formula is C35H35NO5. The summed E-state index contributed by atoms with van der Waals surface area (Å²) in [6.07, 6.45) is -1.31. The van der Waals surface area contributed by atoms with Gasteiger partial charge in [0, 0.05) is 5.92 Å². The standard InChI is InChI=1S/C35H35NO5/c1-22(2)32(34(37)41-33(24-15-13-23(3)14-16-24)25-17-19-26(39-4)20-18-25)36-35(38)40-21-31-29-11-7-5-9-27(29)28-10-6-8-12-30(28)31/h5-20,22,31-33H,21H2,1-4H3,(H,36,38)/t32-,33?/m0/s1. The predicted molar refractivity (Wildman–Crippen MR) is 159 cm³/mol. The summed E-state index contributed by atoms with van der Waals surface area (Å²) in [5.74, 6) is -0.120. The first-order chi connectivity index (χ1) is 19.9. The molecule has 1 amide bonds. The molecule has 41 heavy (non-hydrogen) atoms. The molecule has 0 heterocycles. The van der Waals surface area contributed by atoms with E-state index in [1.165, 1.54) is 0 Å². The molecule has 210 valence electrons. The molecule has 4 aromatic rings. The number of ether oxygens (including phenoxy) is 3. The van der Waals surface area contributed by atoms with Crippen molar-refractivity contribution in [3.63, 3.8) is 0 Å². The Morgan fingerprint density at radius 2 is 1.32 bits per heavy atom. The van der Waals surface area contributed by atoms with Crippen LogP contribution in [0.25, 0.3) is 11.1 Å². The fourth-order valence-corrected chi connectivity index (χ4v) is 5.30. The van der Waals surface area contributed by atoms with Crippen molar-refractivity contribution in [2.45, 2.75) is 38.8 Å². The Bertz CT molecular complexity index is 1470. The number of methoxy groups -OCH3 is 1. The molecular weight excluding hydrogens is 514 g/mol. The summed E-state index contributed by atoms with van der Waals surface area (Å²) in [6, 6.07) is 30.7. The second kappa shape index (κ2) is 12.3. The lowest BCUT2D eigenvalue weighted by molar-refractivity contribution is -0.151. The van der Waals surface area contributed by atoms with Crippen molar-refractivity contribution in [1.29, 1.82) is 0 Å². The van der Waals surface area contributed by atoms with Crippen molar-refractivity contribution in [2.75, 3.05) is 13.7 Å². The fourth-order valence-electron chi connectivity index (χ4n) is 5.30. The first kappa shape index (κ1) is 28.0. The zero-order valence-corrected chi connectivity index (χ0v) is 23.8. The van der Waals surface area contributed by atoms with Crippen LogP contribution in [-0.2, 0) is 14.3 Å². The van der Waals surface area contributed by atoms with Gasteiger partial charge in [0.2, 0.25) is 0 Å². The lowest BCUT2D eigenvalue weighted by Gasteiger charge is -2.25. The topological polar surface area (TPSA) is 73.9 Å². The molecule has 0 fully saturated rings. The molecule has 0 radical (unpaired) electrons. The Hall–Kier alpha value is -4.58. The number of carbonyl (C=O) groups is 2. The Kier molecular flexibility index (Phi) is 8.39. The third kappa shape index (κ3) is 6.12. The molecule has 0 bridgehead atoms. The minimum absolute atomic E-state index is 0.0707. The lowest BCUT2D eigenvalue weighted by Crippen LogP contribution is -2.46. The van der Waals surface area contributed by atoms with Crippen LogP contribution in [0, 0.1) is 12.8 Å². The Balaban J connectivity index is 1.30. The first-order valence-electron chi connectivity index (χ1n) is 13.9. The summed E-state index contributed by atoms with van der Waals surface area (Å²) in [4.78, 5) is 26.6. The maximum absolute atomic E-state index is 13.5. The highest BCUT2D eigenvalue weighted by atomic mass is 16.6. The highest BCUT2D eigenvalue weighted by molar-refractivity contribution is 5.82. The first-order valence-corrected chi connectivity index (χ1v) is 13.9. The van der Waals surface area contributed by atoms with Crippen molar-refractivity contribution in [3.8, 4) is 16.9 Å². The lowest BCUT2D eigenvalue weighted by atomic mass is 9.98. The number of benzene rings is 4. The van der Waals surface area contributed by atoms with Crippen LogP contribution < -0.4 is 10.1 Å². The normalized spacial score (nSPS) is 13.6. The van der Waals surface area contributed by atoms with Gasteiger partial charge in [0.25, 0.3) is 0 Å². The van der Waals surface area contributed by atoms with Crippen LogP contribution in [-0.4, -0.2) is 31.8 Å². The Labute approximate surface area is 241 Å². The second-order valence-electron chi connectivity index (χ2n) is 10.7. The van der Waals surface area contributed by atoms with Crippen molar-refractivity contribution < 1.29 is 23.8 Å². The van der Waals surface area contributed by atoms with E-state index in [4.69, 9.17) is 14.2 Å². The largest absolute Gasteiger partial charge is 0.497 e. The van der Waals surface area contributed by atoms with E-state index >= 15 is 0 Å². The van der Waals surface area contributed by atoms with E-state index < -0.39 is 24.2 Å². The minimum Gasteiger partial charge on any atom is -0.497 e. The van der Waals surface area contributed by atoms with Gasteiger partial charge in [0.05, 0.1) is 7.11 Å². The molecule has 2 atom stereocenters. The number of hydrogen-bond acceptors (Lipinski definition) is 5. The SMILES string of the molecule is COc1ccc(C(OC(=O)[C@@H](NC(=O)OCC2c3ccccc3-c3ccccc32)C(C)C)c2ccc(C)cc2)cc1. The number of hydrogen-bond donors (Lipinski definition) is 1. The third-order valence-corrected chi connectivity index (χ3v) is 7.57. The number of amides is 1. The Morgan fingerprint density at radius 1 is 0.780 bits per heavy atom. The fraction of sp³-hybridized carbons (Fsp3) is 0.257. The van der Waals surface area contributed by atoms with Gasteiger partial charge in [-0.3, -0.25) is 0 Å². The van der Waals surface area contributed by atoms with Crippen molar-refractivity contribution in [3.05, 3.63) is 125 Å². The highest BCUT2D eigenvalue weighted by Gasteiger charge is 2.32. The van der Waals surface area contributed by atoms with Crippen LogP contribution in [0.5, 0.6) is 5.75 Å². The molecule has 0 aromatic heterocycles. The van der Waals surface area contributed by atoms with Gasteiger partial charge in [0.15, 0.2) is 6.10 Å². The minimum atomic E-state index is -0.892. The molecule has 1 aliphatic carbocycles. The Morgan fingerprint density at radius 3 is 1.85 bits per heavy atom. The van der Waals surface area contributed by atoms with Gasteiger partial charge >= 0.3 is 12.1 Å². The van der Waals surface area contributed by atoms with E-state index in [2.05, 4.69) is 29.6 Å².